The highest BCUT2D eigenvalue weighted by atomic mass is 28.4. The van der Waals surface area contributed by atoms with Gasteiger partial charge in [0.2, 0.25) is 0 Å². The van der Waals surface area contributed by atoms with Crippen molar-refractivity contribution in [3.05, 3.63) is 0 Å². The lowest BCUT2D eigenvalue weighted by molar-refractivity contribution is 0.314. The lowest BCUT2D eigenvalue weighted by atomic mass is 10.5. The fourth-order valence-corrected chi connectivity index (χ4v) is 4.17. The summed E-state index contributed by atoms with van der Waals surface area (Å²) < 4.78 is 8.49. The highest BCUT2D eigenvalue weighted by Crippen LogP contribution is 2.24. The van der Waals surface area contributed by atoms with Crippen LogP contribution in [0.15, 0.2) is 0 Å². The highest BCUT2D eigenvalue weighted by Gasteiger charge is 2.32. The van der Waals surface area contributed by atoms with Gasteiger partial charge in [0.25, 0.3) is 0 Å². The second kappa shape index (κ2) is 5.61. The predicted octanol–water partition coefficient (Wildman–Crippen LogP) is 3.38. The van der Waals surface area contributed by atoms with E-state index in [1.165, 1.54) is 6.54 Å². The van der Waals surface area contributed by atoms with E-state index in [4.69, 9.17) is 4.43 Å². The Morgan fingerprint density at radius 2 is 1.60 bits per heavy atom. The zero-order valence-electron chi connectivity index (χ0n) is 11.8. The van der Waals surface area contributed by atoms with Crippen LogP contribution in [0.4, 0.5) is 0 Å². The van der Waals surface area contributed by atoms with E-state index in [0.717, 1.165) is 6.61 Å². The van der Waals surface area contributed by atoms with Crippen LogP contribution in [0.3, 0.4) is 0 Å². The highest BCUT2D eigenvalue weighted by molar-refractivity contribution is 6.74. The van der Waals surface area contributed by atoms with E-state index in [2.05, 4.69) is 58.2 Å². The first-order chi connectivity index (χ1) is 6.61. The monoisotopic (exact) mass is 247 g/mol. The molecule has 92 valence electrons. The summed E-state index contributed by atoms with van der Waals surface area (Å²) in [5, 5.41) is 0. The number of hydrogen-bond acceptors (Lipinski definition) is 2. The molecule has 1 unspecified atom stereocenters. The van der Waals surface area contributed by atoms with Crippen molar-refractivity contribution in [2.75, 3.05) is 20.2 Å². The standard InChI is InChI=1S/C11H29NOSi2/c1-9-13-15(7,8)11(2)10-12(3)14(4,5)6/h11H,9-10H2,1-8H3. The van der Waals surface area contributed by atoms with Crippen LogP contribution in [0.25, 0.3) is 0 Å². The third-order valence-electron chi connectivity index (χ3n) is 3.40. The Balaban J connectivity index is 4.30. The molecule has 0 aromatic heterocycles. The van der Waals surface area contributed by atoms with E-state index in [1.807, 2.05) is 0 Å². The summed E-state index contributed by atoms with van der Waals surface area (Å²) in [6, 6.07) is 0. The first-order valence-electron chi connectivity index (χ1n) is 5.96. The lowest BCUT2D eigenvalue weighted by Crippen LogP contribution is -2.48. The Morgan fingerprint density at radius 3 is 1.93 bits per heavy atom. The summed E-state index contributed by atoms with van der Waals surface area (Å²) in [4.78, 5) is 0. The average molecular weight is 248 g/mol. The number of hydrogen-bond donors (Lipinski definition) is 0. The second-order valence-electron chi connectivity index (χ2n) is 5.99. The topological polar surface area (TPSA) is 12.5 Å². The van der Waals surface area contributed by atoms with Gasteiger partial charge in [-0.15, -0.1) is 0 Å². The zero-order valence-corrected chi connectivity index (χ0v) is 13.8. The van der Waals surface area contributed by atoms with Crippen LogP contribution in [0.2, 0.25) is 38.3 Å². The van der Waals surface area contributed by atoms with Gasteiger partial charge in [0.1, 0.15) is 8.24 Å². The molecule has 2 nitrogen and oxygen atoms in total. The lowest BCUT2D eigenvalue weighted by Gasteiger charge is -2.37. The molecule has 0 aliphatic carbocycles. The van der Waals surface area contributed by atoms with Crippen LogP contribution in [0, 0.1) is 0 Å². The molecule has 15 heavy (non-hydrogen) atoms. The molecule has 0 heterocycles. The maximum Gasteiger partial charge on any atom is 0.190 e. The average Bonchev–Trinajstić information content (AvgIpc) is 2.01. The third kappa shape index (κ3) is 5.29. The molecule has 0 saturated heterocycles. The van der Waals surface area contributed by atoms with Gasteiger partial charge in [-0.25, -0.2) is 0 Å². The third-order valence-corrected chi connectivity index (χ3v) is 9.46. The van der Waals surface area contributed by atoms with Crippen molar-refractivity contribution in [1.29, 1.82) is 0 Å². The van der Waals surface area contributed by atoms with Gasteiger partial charge in [-0.3, -0.25) is 0 Å². The molecule has 0 N–H and O–H groups in total. The summed E-state index contributed by atoms with van der Waals surface area (Å²) >= 11 is 0. The van der Waals surface area contributed by atoms with E-state index < -0.39 is 16.6 Å². The molecule has 0 fully saturated rings. The molecule has 0 aliphatic heterocycles. The largest absolute Gasteiger partial charge is 0.417 e. The van der Waals surface area contributed by atoms with Gasteiger partial charge in [-0.1, -0.05) is 26.6 Å². The maximum absolute atomic E-state index is 5.93. The summed E-state index contributed by atoms with van der Waals surface area (Å²) in [7, 11) is -0.330. The van der Waals surface area contributed by atoms with E-state index in [-0.39, 0.29) is 0 Å². The minimum atomic E-state index is -1.47. The summed E-state index contributed by atoms with van der Waals surface area (Å²) in [6.07, 6.45) is 0. The van der Waals surface area contributed by atoms with E-state index in [1.54, 1.807) is 0 Å². The molecule has 0 bridgehead atoms. The van der Waals surface area contributed by atoms with Crippen molar-refractivity contribution in [3.63, 3.8) is 0 Å². The molecule has 0 radical (unpaired) electrons. The van der Waals surface area contributed by atoms with Crippen molar-refractivity contribution in [2.45, 2.75) is 52.1 Å². The molecule has 0 rings (SSSR count). The van der Waals surface area contributed by atoms with Gasteiger partial charge in [-0.05, 0) is 39.2 Å². The zero-order chi connectivity index (χ0) is 12.3. The van der Waals surface area contributed by atoms with Crippen molar-refractivity contribution in [1.82, 2.24) is 4.57 Å². The SMILES string of the molecule is CCO[Si](C)(C)C(C)CN(C)[Si](C)(C)C. The Morgan fingerprint density at radius 1 is 1.13 bits per heavy atom. The van der Waals surface area contributed by atoms with Crippen LogP contribution < -0.4 is 0 Å². The van der Waals surface area contributed by atoms with Gasteiger partial charge in [0.05, 0.1) is 0 Å². The molecule has 0 aliphatic rings. The maximum atomic E-state index is 5.93. The molecule has 0 spiro atoms. The Labute approximate surface area is 98.2 Å². The molecular weight excluding hydrogens is 218 g/mol. The number of rotatable bonds is 6. The minimum absolute atomic E-state index is 0.703. The van der Waals surface area contributed by atoms with Crippen LogP contribution in [0.5, 0.6) is 0 Å². The summed E-state index contributed by atoms with van der Waals surface area (Å²) in [5.41, 5.74) is 0.703. The molecule has 0 aromatic carbocycles. The fourth-order valence-electron chi connectivity index (χ4n) is 1.42. The summed E-state index contributed by atoms with van der Waals surface area (Å²) in [6.45, 7) is 18.4. The van der Waals surface area contributed by atoms with Gasteiger partial charge < -0.3 is 8.99 Å². The van der Waals surface area contributed by atoms with Crippen LogP contribution in [-0.2, 0) is 4.43 Å². The summed E-state index contributed by atoms with van der Waals surface area (Å²) in [5.74, 6) is 0. The molecule has 4 heteroatoms. The normalized spacial score (nSPS) is 15.8. The van der Waals surface area contributed by atoms with E-state index >= 15 is 0 Å². The van der Waals surface area contributed by atoms with Crippen LogP contribution in [-0.4, -0.2) is 41.3 Å². The van der Waals surface area contributed by atoms with Crippen molar-refractivity contribution in [2.24, 2.45) is 0 Å². The predicted molar refractivity (Wildman–Crippen MR) is 74.5 cm³/mol. The van der Waals surface area contributed by atoms with Crippen LogP contribution in [0.1, 0.15) is 13.8 Å². The van der Waals surface area contributed by atoms with Gasteiger partial charge in [-0.2, -0.15) is 0 Å². The molecule has 1 atom stereocenters. The van der Waals surface area contributed by atoms with E-state index in [0.29, 0.717) is 5.54 Å². The molecule has 0 saturated carbocycles. The molecule has 0 amide bonds. The fraction of sp³-hybridized carbons (Fsp3) is 1.00. The number of nitrogens with zero attached hydrogens (tertiary/aromatic N) is 1. The van der Waals surface area contributed by atoms with Crippen molar-refractivity contribution in [3.8, 4) is 0 Å². The molecule has 0 aromatic rings. The Bertz CT molecular complexity index is 190. The van der Waals surface area contributed by atoms with Crippen molar-refractivity contribution >= 4 is 16.6 Å². The first kappa shape index (κ1) is 15.4. The van der Waals surface area contributed by atoms with Gasteiger partial charge in [0.15, 0.2) is 8.32 Å². The Hall–Kier alpha value is 0.354. The van der Waals surface area contributed by atoms with Gasteiger partial charge in [0, 0.05) is 6.61 Å². The van der Waals surface area contributed by atoms with Gasteiger partial charge >= 0.3 is 0 Å². The smallest absolute Gasteiger partial charge is 0.190 e. The van der Waals surface area contributed by atoms with Crippen molar-refractivity contribution < 1.29 is 4.43 Å². The Kier molecular flexibility index (Phi) is 5.75. The molecular formula is C11H29NOSi2. The van der Waals surface area contributed by atoms with Crippen LogP contribution >= 0.6 is 0 Å². The second-order valence-corrected chi connectivity index (χ2v) is 15.6. The van der Waals surface area contributed by atoms with E-state index in [9.17, 15) is 0 Å². The minimum Gasteiger partial charge on any atom is -0.417 e. The quantitative estimate of drug-likeness (QED) is 0.667. The first-order valence-corrected chi connectivity index (χ1v) is 12.4.